The Bertz CT molecular complexity index is 506. The Balaban J connectivity index is 1.81. The van der Waals surface area contributed by atoms with Crippen LogP contribution in [0.1, 0.15) is 51.6 Å². The van der Waals surface area contributed by atoms with Crippen molar-refractivity contribution in [2.24, 2.45) is 11.8 Å². The molecule has 0 bridgehead atoms. The van der Waals surface area contributed by atoms with Gasteiger partial charge in [0.15, 0.2) is 0 Å². The number of amides is 1. The Morgan fingerprint density at radius 2 is 2.05 bits per heavy atom. The Labute approximate surface area is 138 Å². The van der Waals surface area contributed by atoms with Crippen molar-refractivity contribution in [2.75, 3.05) is 6.54 Å². The molecule has 22 heavy (non-hydrogen) atoms. The van der Waals surface area contributed by atoms with E-state index in [0.29, 0.717) is 24.4 Å². The van der Waals surface area contributed by atoms with E-state index in [9.17, 15) is 4.79 Å². The van der Waals surface area contributed by atoms with Gasteiger partial charge in [-0.2, -0.15) is 0 Å². The van der Waals surface area contributed by atoms with E-state index in [1.54, 1.807) is 0 Å². The Kier molecular flexibility index (Phi) is 6.27. The molecule has 3 nitrogen and oxygen atoms in total. The molecule has 4 heteroatoms. The molecule has 1 saturated carbocycles. The van der Waals surface area contributed by atoms with Crippen molar-refractivity contribution in [2.45, 2.75) is 52.1 Å². The molecular formula is C18H27ClN2O. The summed E-state index contributed by atoms with van der Waals surface area (Å²) in [5.41, 5.74) is 1.02. The van der Waals surface area contributed by atoms with Gasteiger partial charge in [-0.3, -0.25) is 4.79 Å². The van der Waals surface area contributed by atoms with Crippen LogP contribution < -0.4 is 10.6 Å². The van der Waals surface area contributed by atoms with Gasteiger partial charge in [-0.15, -0.1) is 0 Å². The molecule has 1 aliphatic carbocycles. The second kappa shape index (κ2) is 7.98. The standard InChI is InChI=1S/C18H27ClN2O/c1-12-7-6-10-17(13(12)2)21-18(22)11-20-14(3)15-8-4-5-9-16(15)19/h4-5,8-9,12-14,17,20H,6-7,10-11H2,1-3H3,(H,21,22). The largest absolute Gasteiger partial charge is 0.352 e. The van der Waals surface area contributed by atoms with Crippen LogP contribution in [-0.4, -0.2) is 18.5 Å². The van der Waals surface area contributed by atoms with Crippen molar-refractivity contribution >= 4 is 17.5 Å². The number of carbonyl (C=O) groups excluding carboxylic acids is 1. The van der Waals surface area contributed by atoms with E-state index in [0.717, 1.165) is 17.0 Å². The molecule has 4 atom stereocenters. The summed E-state index contributed by atoms with van der Waals surface area (Å²) < 4.78 is 0. The maximum absolute atomic E-state index is 12.2. The van der Waals surface area contributed by atoms with Crippen LogP contribution in [0.25, 0.3) is 0 Å². The van der Waals surface area contributed by atoms with Crippen LogP contribution in [0, 0.1) is 11.8 Å². The van der Waals surface area contributed by atoms with Crippen LogP contribution in [0.4, 0.5) is 0 Å². The summed E-state index contributed by atoms with van der Waals surface area (Å²) in [7, 11) is 0. The lowest BCUT2D eigenvalue weighted by Crippen LogP contribution is -2.46. The predicted octanol–water partition coefficient (Wildman–Crippen LogP) is 3.93. The average Bonchev–Trinajstić information content (AvgIpc) is 2.50. The number of hydrogen-bond acceptors (Lipinski definition) is 2. The monoisotopic (exact) mass is 322 g/mol. The van der Waals surface area contributed by atoms with Crippen LogP contribution in [0.2, 0.25) is 5.02 Å². The molecule has 0 aromatic heterocycles. The normalized spacial score (nSPS) is 26.5. The molecule has 1 fully saturated rings. The average molecular weight is 323 g/mol. The summed E-state index contributed by atoms with van der Waals surface area (Å²) in [6.07, 6.45) is 3.58. The molecule has 1 aromatic rings. The molecule has 0 heterocycles. The second-order valence-corrected chi connectivity index (χ2v) is 6.97. The molecule has 1 aliphatic rings. The Morgan fingerprint density at radius 1 is 1.32 bits per heavy atom. The first-order valence-electron chi connectivity index (χ1n) is 8.26. The summed E-state index contributed by atoms with van der Waals surface area (Å²) in [5.74, 6) is 1.32. The molecule has 122 valence electrons. The van der Waals surface area contributed by atoms with E-state index < -0.39 is 0 Å². The van der Waals surface area contributed by atoms with Gasteiger partial charge < -0.3 is 10.6 Å². The number of carbonyl (C=O) groups is 1. The van der Waals surface area contributed by atoms with Gasteiger partial charge in [0.25, 0.3) is 0 Å². The SMILES string of the molecule is CC(NCC(=O)NC1CCCC(C)C1C)c1ccccc1Cl. The second-order valence-electron chi connectivity index (χ2n) is 6.57. The first-order valence-corrected chi connectivity index (χ1v) is 8.64. The minimum atomic E-state index is 0.0575. The molecular weight excluding hydrogens is 296 g/mol. The smallest absolute Gasteiger partial charge is 0.234 e. The number of halogens is 1. The van der Waals surface area contributed by atoms with E-state index in [1.165, 1.54) is 12.8 Å². The molecule has 4 unspecified atom stereocenters. The summed E-state index contributed by atoms with van der Waals surface area (Å²) >= 11 is 6.18. The zero-order chi connectivity index (χ0) is 16.1. The maximum Gasteiger partial charge on any atom is 0.234 e. The molecule has 0 saturated heterocycles. The van der Waals surface area contributed by atoms with Crippen LogP contribution >= 0.6 is 11.6 Å². The van der Waals surface area contributed by atoms with Gasteiger partial charge in [-0.1, -0.05) is 56.5 Å². The topological polar surface area (TPSA) is 41.1 Å². The fourth-order valence-electron chi connectivity index (χ4n) is 3.23. The third kappa shape index (κ3) is 4.47. The minimum absolute atomic E-state index is 0.0575. The molecule has 0 radical (unpaired) electrons. The number of benzene rings is 1. The summed E-state index contributed by atoms with van der Waals surface area (Å²) in [4.78, 5) is 12.2. The van der Waals surface area contributed by atoms with Crippen LogP contribution in [0.5, 0.6) is 0 Å². The van der Waals surface area contributed by atoms with E-state index >= 15 is 0 Å². The van der Waals surface area contributed by atoms with Gasteiger partial charge in [0.05, 0.1) is 6.54 Å². The van der Waals surface area contributed by atoms with Crippen LogP contribution in [0.3, 0.4) is 0 Å². The molecule has 1 aromatic carbocycles. The highest BCUT2D eigenvalue weighted by atomic mass is 35.5. The van der Waals surface area contributed by atoms with E-state index in [2.05, 4.69) is 24.5 Å². The molecule has 2 rings (SSSR count). The number of rotatable bonds is 5. The van der Waals surface area contributed by atoms with Crippen molar-refractivity contribution in [3.8, 4) is 0 Å². The van der Waals surface area contributed by atoms with E-state index in [-0.39, 0.29) is 11.9 Å². The quantitative estimate of drug-likeness (QED) is 0.862. The van der Waals surface area contributed by atoms with E-state index in [1.807, 2.05) is 31.2 Å². The Morgan fingerprint density at radius 3 is 2.77 bits per heavy atom. The van der Waals surface area contributed by atoms with Gasteiger partial charge in [-0.05, 0) is 36.8 Å². The van der Waals surface area contributed by atoms with Crippen molar-refractivity contribution < 1.29 is 4.79 Å². The van der Waals surface area contributed by atoms with Gasteiger partial charge in [0.1, 0.15) is 0 Å². The third-order valence-electron chi connectivity index (χ3n) is 4.99. The first kappa shape index (κ1) is 17.3. The third-order valence-corrected chi connectivity index (χ3v) is 5.34. The first-order chi connectivity index (χ1) is 10.5. The number of hydrogen-bond donors (Lipinski definition) is 2. The highest BCUT2D eigenvalue weighted by Gasteiger charge is 2.28. The minimum Gasteiger partial charge on any atom is -0.352 e. The zero-order valence-corrected chi connectivity index (χ0v) is 14.5. The van der Waals surface area contributed by atoms with Crippen molar-refractivity contribution in [3.63, 3.8) is 0 Å². The van der Waals surface area contributed by atoms with Gasteiger partial charge in [0.2, 0.25) is 5.91 Å². The fraction of sp³-hybridized carbons (Fsp3) is 0.611. The van der Waals surface area contributed by atoms with Crippen LogP contribution in [0.15, 0.2) is 24.3 Å². The zero-order valence-electron chi connectivity index (χ0n) is 13.7. The predicted molar refractivity (Wildman–Crippen MR) is 92.0 cm³/mol. The highest BCUT2D eigenvalue weighted by molar-refractivity contribution is 6.31. The summed E-state index contributed by atoms with van der Waals surface area (Å²) in [6, 6.07) is 8.11. The van der Waals surface area contributed by atoms with Crippen molar-refractivity contribution in [3.05, 3.63) is 34.9 Å². The van der Waals surface area contributed by atoms with Gasteiger partial charge in [0, 0.05) is 17.1 Å². The van der Waals surface area contributed by atoms with Gasteiger partial charge >= 0.3 is 0 Å². The lowest BCUT2D eigenvalue weighted by atomic mass is 9.78. The summed E-state index contributed by atoms with van der Waals surface area (Å²) in [5, 5.41) is 7.18. The maximum atomic E-state index is 12.2. The fourth-order valence-corrected chi connectivity index (χ4v) is 3.52. The lowest BCUT2D eigenvalue weighted by molar-refractivity contribution is -0.121. The van der Waals surface area contributed by atoms with Gasteiger partial charge in [-0.25, -0.2) is 0 Å². The molecule has 1 amide bonds. The Hall–Kier alpha value is -1.06. The van der Waals surface area contributed by atoms with Crippen molar-refractivity contribution in [1.29, 1.82) is 0 Å². The van der Waals surface area contributed by atoms with Crippen molar-refractivity contribution in [1.82, 2.24) is 10.6 Å². The molecule has 0 spiro atoms. The number of nitrogens with one attached hydrogen (secondary N) is 2. The van der Waals surface area contributed by atoms with E-state index in [4.69, 9.17) is 11.6 Å². The molecule has 0 aliphatic heterocycles. The highest BCUT2D eigenvalue weighted by Crippen LogP contribution is 2.29. The molecule has 2 N–H and O–H groups in total. The lowest BCUT2D eigenvalue weighted by Gasteiger charge is -2.34. The summed E-state index contributed by atoms with van der Waals surface area (Å²) in [6.45, 7) is 6.87. The van der Waals surface area contributed by atoms with Crippen LogP contribution in [-0.2, 0) is 4.79 Å².